The standard InChI is InChI=1S/C22H35NO3S/c1-3-5-7-9-11-13-15-18-17-19-20(27-18)23-22(26-21(19)24)25-16-14-12-10-8-6-4-2/h17H,3-16H2,1-2H3. The molecule has 0 amide bonds. The Balaban J connectivity index is 1.78. The Morgan fingerprint density at radius 1 is 0.926 bits per heavy atom. The van der Waals surface area contributed by atoms with Crippen LogP contribution in [0.5, 0.6) is 6.08 Å². The second-order valence-corrected chi connectivity index (χ2v) is 8.45. The lowest BCUT2D eigenvalue weighted by atomic mass is 10.1. The van der Waals surface area contributed by atoms with Gasteiger partial charge in [0.05, 0.1) is 12.0 Å². The van der Waals surface area contributed by atoms with Crippen LogP contribution in [-0.2, 0) is 6.42 Å². The lowest BCUT2D eigenvalue weighted by Crippen LogP contribution is -2.05. The number of rotatable bonds is 15. The summed E-state index contributed by atoms with van der Waals surface area (Å²) in [5, 5.41) is 0.591. The molecule has 2 rings (SSSR count). The van der Waals surface area contributed by atoms with Crippen LogP contribution in [0.25, 0.3) is 10.2 Å². The molecular weight excluding hydrogens is 358 g/mol. The topological polar surface area (TPSA) is 52.3 Å². The predicted octanol–water partition coefficient (Wildman–Crippen LogP) is 6.89. The van der Waals surface area contributed by atoms with Gasteiger partial charge in [0.2, 0.25) is 0 Å². The fourth-order valence-corrected chi connectivity index (χ4v) is 4.25. The summed E-state index contributed by atoms with van der Waals surface area (Å²) in [4.78, 5) is 18.5. The average molecular weight is 394 g/mol. The third kappa shape index (κ3) is 8.04. The minimum absolute atomic E-state index is 0.119. The monoisotopic (exact) mass is 393 g/mol. The van der Waals surface area contributed by atoms with Gasteiger partial charge < -0.3 is 9.15 Å². The van der Waals surface area contributed by atoms with Gasteiger partial charge in [-0.15, -0.1) is 11.3 Å². The molecule has 0 aliphatic carbocycles. The molecule has 0 saturated heterocycles. The molecule has 0 aromatic carbocycles. The number of hydrogen-bond acceptors (Lipinski definition) is 5. The van der Waals surface area contributed by atoms with Crippen molar-refractivity contribution in [1.82, 2.24) is 4.98 Å². The first-order chi connectivity index (χ1) is 13.2. The summed E-state index contributed by atoms with van der Waals surface area (Å²) in [6.45, 7) is 5.02. The number of nitrogens with zero attached hydrogens (tertiary/aromatic N) is 1. The van der Waals surface area contributed by atoms with Crippen molar-refractivity contribution in [3.8, 4) is 6.08 Å². The van der Waals surface area contributed by atoms with E-state index in [0.717, 1.165) is 24.1 Å². The molecule has 27 heavy (non-hydrogen) atoms. The SMILES string of the molecule is CCCCCCCCOc1nc2sc(CCCCCCCC)cc2c(=O)o1. The second-order valence-electron chi connectivity index (χ2n) is 7.33. The lowest BCUT2D eigenvalue weighted by molar-refractivity contribution is 0.211. The lowest BCUT2D eigenvalue weighted by Gasteiger charge is -2.03. The van der Waals surface area contributed by atoms with E-state index in [1.54, 1.807) is 11.3 Å². The highest BCUT2D eigenvalue weighted by Crippen LogP contribution is 2.25. The van der Waals surface area contributed by atoms with Crippen molar-refractivity contribution in [2.75, 3.05) is 6.61 Å². The number of ether oxygens (including phenoxy) is 1. The number of aryl methyl sites for hydroxylation is 1. The van der Waals surface area contributed by atoms with Crippen LogP contribution in [-0.4, -0.2) is 11.6 Å². The smallest absolute Gasteiger partial charge is 0.397 e. The van der Waals surface area contributed by atoms with Crippen molar-refractivity contribution in [3.63, 3.8) is 0 Å². The maximum absolute atomic E-state index is 12.2. The fraction of sp³-hybridized carbons (Fsp3) is 0.727. The van der Waals surface area contributed by atoms with Gasteiger partial charge in [-0.25, -0.2) is 4.79 Å². The van der Waals surface area contributed by atoms with E-state index < -0.39 is 0 Å². The minimum atomic E-state index is -0.330. The van der Waals surface area contributed by atoms with Crippen LogP contribution in [0.15, 0.2) is 15.3 Å². The molecule has 152 valence electrons. The largest absolute Gasteiger partial charge is 0.450 e. The van der Waals surface area contributed by atoms with E-state index in [2.05, 4.69) is 18.8 Å². The van der Waals surface area contributed by atoms with E-state index in [4.69, 9.17) is 9.15 Å². The Morgan fingerprint density at radius 3 is 2.26 bits per heavy atom. The molecule has 0 fully saturated rings. The molecule has 0 saturated carbocycles. The molecule has 4 nitrogen and oxygen atoms in total. The Kier molecular flexibility index (Phi) is 10.5. The van der Waals surface area contributed by atoms with Crippen molar-refractivity contribution < 1.29 is 9.15 Å². The molecule has 2 aromatic rings. The number of unbranched alkanes of at least 4 members (excludes halogenated alkanes) is 10. The molecule has 0 atom stereocenters. The molecule has 0 aliphatic rings. The maximum atomic E-state index is 12.2. The van der Waals surface area contributed by atoms with Crippen molar-refractivity contribution >= 4 is 21.6 Å². The zero-order valence-corrected chi connectivity index (χ0v) is 17.9. The zero-order valence-electron chi connectivity index (χ0n) is 17.1. The van der Waals surface area contributed by atoms with E-state index in [0.29, 0.717) is 12.0 Å². The molecule has 0 spiro atoms. The molecule has 5 heteroatoms. The fourth-order valence-electron chi connectivity index (χ4n) is 3.21. The molecule has 0 N–H and O–H groups in total. The third-order valence-electron chi connectivity index (χ3n) is 4.86. The second kappa shape index (κ2) is 12.9. The van der Waals surface area contributed by atoms with Crippen molar-refractivity contribution in [2.24, 2.45) is 0 Å². The number of fused-ring (bicyclic) bond motifs is 1. The Hall–Kier alpha value is -1.36. The molecule has 0 radical (unpaired) electrons. The summed E-state index contributed by atoms with van der Waals surface area (Å²) in [6, 6.07) is 1.95. The molecule has 2 heterocycles. The van der Waals surface area contributed by atoms with Crippen LogP contribution in [0.2, 0.25) is 0 Å². The highest BCUT2D eigenvalue weighted by Gasteiger charge is 2.11. The van der Waals surface area contributed by atoms with Crippen LogP contribution in [0.1, 0.15) is 95.8 Å². The van der Waals surface area contributed by atoms with Gasteiger partial charge in [0.1, 0.15) is 4.83 Å². The normalized spacial score (nSPS) is 11.3. The molecule has 2 aromatic heterocycles. The van der Waals surface area contributed by atoms with Gasteiger partial charge in [-0.3, -0.25) is 0 Å². The van der Waals surface area contributed by atoms with Gasteiger partial charge in [0.15, 0.2) is 0 Å². The molecule has 0 bridgehead atoms. The van der Waals surface area contributed by atoms with Crippen LogP contribution < -0.4 is 10.4 Å². The summed E-state index contributed by atoms with van der Waals surface area (Å²) in [6.07, 6.45) is 16.0. The van der Waals surface area contributed by atoms with Crippen molar-refractivity contribution in [2.45, 2.75) is 97.3 Å². The van der Waals surface area contributed by atoms with Gasteiger partial charge in [-0.1, -0.05) is 78.1 Å². The first-order valence-corrected chi connectivity index (χ1v) is 11.6. The predicted molar refractivity (Wildman–Crippen MR) is 114 cm³/mol. The molecular formula is C22H35NO3S. The summed E-state index contributed by atoms with van der Waals surface area (Å²) in [5.41, 5.74) is -0.330. The van der Waals surface area contributed by atoms with Crippen LogP contribution in [0.4, 0.5) is 0 Å². The van der Waals surface area contributed by atoms with Crippen molar-refractivity contribution in [1.29, 1.82) is 0 Å². The number of thiophene rings is 1. The van der Waals surface area contributed by atoms with Gasteiger partial charge in [-0.05, 0) is 25.3 Å². The van der Waals surface area contributed by atoms with Crippen LogP contribution in [0, 0.1) is 0 Å². The summed E-state index contributed by atoms with van der Waals surface area (Å²) in [5.74, 6) is 0. The van der Waals surface area contributed by atoms with E-state index in [1.807, 2.05) is 6.07 Å². The summed E-state index contributed by atoms with van der Waals surface area (Å²) >= 11 is 1.60. The highest BCUT2D eigenvalue weighted by molar-refractivity contribution is 7.18. The quantitative estimate of drug-likeness (QED) is 0.309. The Morgan fingerprint density at radius 2 is 1.56 bits per heavy atom. The third-order valence-corrected chi connectivity index (χ3v) is 5.95. The average Bonchev–Trinajstić information content (AvgIpc) is 3.07. The van der Waals surface area contributed by atoms with Crippen LogP contribution >= 0.6 is 11.3 Å². The zero-order chi connectivity index (χ0) is 19.3. The summed E-state index contributed by atoms with van der Waals surface area (Å²) in [7, 11) is 0. The van der Waals surface area contributed by atoms with E-state index in [9.17, 15) is 4.79 Å². The van der Waals surface area contributed by atoms with E-state index in [1.165, 1.54) is 69.1 Å². The molecule has 0 unspecified atom stereocenters. The van der Waals surface area contributed by atoms with Crippen molar-refractivity contribution in [3.05, 3.63) is 21.4 Å². The van der Waals surface area contributed by atoms with E-state index in [-0.39, 0.29) is 11.7 Å². The van der Waals surface area contributed by atoms with E-state index >= 15 is 0 Å². The number of aromatic nitrogens is 1. The first kappa shape index (κ1) is 21.9. The Labute approximate surface area is 167 Å². The minimum Gasteiger partial charge on any atom is -0.450 e. The molecule has 0 aliphatic heterocycles. The maximum Gasteiger partial charge on any atom is 0.397 e. The summed E-state index contributed by atoms with van der Waals surface area (Å²) < 4.78 is 10.8. The van der Waals surface area contributed by atoms with Gasteiger partial charge in [-0.2, -0.15) is 4.98 Å². The van der Waals surface area contributed by atoms with Gasteiger partial charge in [0.25, 0.3) is 0 Å². The van der Waals surface area contributed by atoms with Gasteiger partial charge >= 0.3 is 11.7 Å². The van der Waals surface area contributed by atoms with Gasteiger partial charge in [0, 0.05) is 4.88 Å². The Bertz CT molecular complexity index is 707. The highest BCUT2D eigenvalue weighted by atomic mass is 32.1. The first-order valence-electron chi connectivity index (χ1n) is 10.8. The number of hydrogen-bond donors (Lipinski definition) is 0. The van der Waals surface area contributed by atoms with Crippen LogP contribution in [0.3, 0.4) is 0 Å².